The molecule has 2 heterocycles. The smallest absolute Gasteiger partial charge is 0.273 e. The van der Waals surface area contributed by atoms with Gasteiger partial charge in [-0.05, 0) is 24.0 Å². The van der Waals surface area contributed by atoms with E-state index in [4.69, 9.17) is 28.9 Å². The number of amides is 1. The minimum absolute atomic E-state index is 0.0439. The second-order valence-corrected chi connectivity index (χ2v) is 8.45. The quantitative estimate of drug-likeness (QED) is 0.839. The van der Waals surface area contributed by atoms with E-state index in [-0.39, 0.29) is 17.4 Å². The predicted molar refractivity (Wildman–Crippen MR) is 99.8 cm³/mol. The summed E-state index contributed by atoms with van der Waals surface area (Å²) in [5, 5.41) is 3.52. The molecule has 3 rings (SSSR count). The molecule has 1 saturated heterocycles. The molecule has 0 radical (unpaired) electrons. The number of rotatable bonds is 2. The minimum Gasteiger partial charge on any atom is -0.337 e. The number of nitrogens with zero attached hydrogens (tertiary/aromatic N) is 2. The van der Waals surface area contributed by atoms with Gasteiger partial charge in [0.05, 0.1) is 10.0 Å². The highest BCUT2D eigenvalue weighted by Gasteiger charge is 2.36. The predicted octanol–water partition coefficient (Wildman–Crippen LogP) is 4.32. The maximum atomic E-state index is 12.7. The Morgan fingerprint density at radius 1 is 1.38 bits per heavy atom. The molecule has 0 aliphatic carbocycles. The summed E-state index contributed by atoms with van der Waals surface area (Å²) in [5.41, 5.74) is 7.38. The van der Waals surface area contributed by atoms with Crippen molar-refractivity contribution in [3.63, 3.8) is 0 Å². The number of aromatic nitrogens is 1. The Morgan fingerprint density at radius 2 is 2.12 bits per heavy atom. The SMILES string of the molecule is CC1(C)CN(C(=O)c2csc(-c3ccc(Cl)c(Cl)c3)n2)CCC1N. The van der Waals surface area contributed by atoms with Crippen LogP contribution in [0.15, 0.2) is 23.6 Å². The van der Waals surface area contributed by atoms with Gasteiger partial charge in [-0.3, -0.25) is 4.79 Å². The molecule has 1 unspecified atom stereocenters. The Hall–Kier alpha value is -1.14. The van der Waals surface area contributed by atoms with Gasteiger partial charge >= 0.3 is 0 Å². The van der Waals surface area contributed by atoms with Gasteiger partial charge in [0.15, 0.2) is 0 Å². The molecule has 1 aromatic carbocycles. The van der Waals surface area contributed by atoms with Crippen molar-refractivity contribution in [3.05, 3.63) is 39.3 Å². The topological polar surface area (TPSA) is 59.2 Å². The lowest BCUT2D eigenvalue weighted by molar-refractivity contribution is 0.0528. The van der Waals surface area contributed by atoms with Crippen molar-refractivity contribution in [2.24, 2.45) is 11.1 Å². The first-order valence-electron chi connectivity index (χ1n) is 7.74. The number of benzene rings is 1. The van der Waals surface area contributed by atoms with E-state index in [1.54, 1.807) is 17.5 Å². The highest BCUT2D eigenvalue weighted by Crippen LogP contribution is 2.32. The number of likely N-dealkylation sites (tertiary alicyclic amines) is 1. The molecule has 1 fully saturated rings. The molecule has 7 heteroatoms. The molecule has 1 amide bonds. The van der Waals surface area contributed by atoms with Crippen molar-refractivity contribution >= 4 is 40.4 Å². The normalized spacial score (nSPS) is 20.2. The second-order valence-electron chi connectivity index (χ2n) is 6.78. The second kappa shape index (κ2) is 6.64. The average molecular weight is 384 g/mol. The van der Waals surface area contributed by atoms with Gasteiger partial charge in [0, 0.05) is 30.1 Å². The van der Waals surface area contributed by atoms with Gasteiger partial charge in [-0.25, -0.2) is 4.98 Å². The molecule has 1 atom stereocenters. The van der Waals surface area contributed by atoms with Crippen LogP contribution in [0.1, 0.15) is 30.8 Å². The van der Waals surface area contributed by atoms with Crippen LogP contribution >= 0.6 is 34.5 Å². The fourth-order valence-corrected chi connectivity index (χ4v) is 3.93. The molecule has 2 aromatic rings. The van der Waals surface area contributed by atoms with Crippen molar-refractivity contribution in [2.45, 2.75) is 26.3 Å². The van der Waals surface area contributed by atoms with Gasteiger partial charge < -0.3 is 10.6 Å². The van der Waals surface area contributed by atoms with Gasteiger partial charge in [0.2, 0.25) is 0 Å². The van der Waals surface area contributed by atoms with Crippen LogP contribution in [0.4, 0.5) is 0 Å². The Kier molecular flexibility index (Phi) is 4.89. The van der Waals surface area contributed by atoms with E-state index in [0.29, 0.717) is 28.8 Å². The zero-order valence-corrected chi connectivity index (χ0v) is 15.9. The summed E-state index contributed by atoms with van der Waals surface area (Å²) >= 11 is 13.4. The van der Waals surface area contributed by atoms with E-state index in [2.05, 4.69) is 18.8 Å². The molecule has 24 heavy (non-hydrogen) atoms. The van der Waals surface area contributed by atoms with Crippen LogP contribution < -0.4 is 5.73 Å². The Morgan fingerprint density at radius 3 is 2.79 bits per heavy atom. The lowest BCUT2D eigenvalue weighted by Crippen LogP contribution is -2.54. The molecule has 128 valence electrons. The number of carbonyl (C=O) groups is 1. The monoisotopic (exact) mass is 383 g/mol. The zero-order valence-electron chi connectivity index (χ0n) is 13.6. The minimum atomic E-state index is -0.0868. The lowest BCUT2D eigenvalue weighted by atomic mass is 9.79. The number of thiazole rings is 1. The Labute approximate surface area is 155 Å². The van der Waals surface area contributed by atoms with Crippen LogP contribution in [0.25, 0.3) is 10.6 Å². The van der Waals surface area contributed by atoms with Gasteiger partial charge in [-0.1, -0.05) is 43.1 Å². The molecule has 0 saturated carbocycles. The molecule has 0 spiro atoms. The Bertz CT molecular complexity index is 775. The maximum absolute atomic E-state index is 12.7. The average Bonchev–Trinajstić information content (AvgIpc) is 3.02. The summed E-state index contributed by atoms with van der Waals surface area (Å²) in [6.45, 7) is 5.51. The first-order chi connectivity index (χ1) is 11.3. The molecular weight excluding hydrogens is 365 g/mol. The number of piperidine rings is 1. The van der Waals surface area contributed by atoms with Gasteiger partial charge in [0.1, 0.15) is 10.7 Å². The van der Waals surface area contributed by atoms with Crippen molar-refractivity contribution < 1.29 is 4.79 Å². The summed E-state index contributed by atoms with van der Waals surface area (Å²) in [6.07, 6.45) is 0.808. The summed E-state index contributed by atoms with van der Waals surface area (Å²) in [5.74, 6) is -0.0439. The third kappa shape index (κ3) is 3.45. The van der Waals surface area contributed by atoms with Crippen LogP contribution in [0.5, 0.6) is 0 Å². The number of carbonyl (C=O) groups excluding carboxylic acids is 1. The molecule has 1 aromatic heterocycles. The fraction of sp³-hybridized carbons (Fsp3) is 0.412. The third-order valence-corrected chi connectivity index (χ3v) is 6.12. The van der Waals surface area contributed by atoms with Crippen LogP contribution in [-0.2, 0) is 0 Å². The van der Waals surface area contributed by atoms with Crippen molar-refractivity contribution in [1.29, 1.82) is 0 Å². The van der Waals surface area contributed by atoms with E-state index < -0.39 is 0 Å². The molecule has 1 aliphatic heterocycles. The van der Waals surface area contributed by atoms with Gasteiger partial charge in [-0.2, -0.15) is 0 Å². The number of hydrogen-bond donors (Lipinski definition) is 1. The fourth-order valence-electron chi connectivity index (χ4n) is 2.84. The highest BCUT2D eigenvalue weighted by molar-refractivity contribution is 7.13. The molecule has 1 aliphatic rings. The standard InChI is InChI=1S/C17H19Cl2N3OS/c1-17(2)9-22(6-5-14(17)20)16(23)13-8-24-15(21-13)10-3-4-11(18)12(19)7-10/h3-4,7-8,14H,5-6,9,20H2,1-2H3. The number of nitrogens with two attached hydrogens (primary N) is 1. The highest BCUT2D eigenvalue weighted by atomic mass is 35.5. The van der Waals surface area contributed by atoms with Crippen molar-refractivity contribution in [3.8, 4) is 10.6 Å². The first kappa shape index (κ1) is 17.7. The third-order valence-electron chi connectivity index (χ3n) is 4.49. The number of halogens is 2. The molecular formula is C17H19Cl2N3OS. The van der Waals surface area contributed by atoms with Crippen LogP contribution in [0, 0.1) is 5.41 Å². The van der Waals surface area contributed by atoms with Crippen LogP contribution in [0.2, 0.25) is 10.0 Å². The summed E-state index contributed by atoms with van der Waals surface area (Å²) in [6, 6.07) is 5.46. The van der Waals surface area contributed by atoms with E-state index in [1.165, 1.54) is 11.3 Å². The van der Waals surface area contributed by atoms with Crippen molar-refractivity contribution in [1.82, 2.24) is 9.88 Å². The van der Waals surface area contributed by atoms with E-state index in [1.807, 2.05) is 11.0 Å². The van der Waals surface area contributed by atoms with Gasteiger partial charge in [-0.15, -0.1) is 11.3 Å². The van der Waals surface area contributed by atoms with Crippen molar-refractivity contribution in [2.75, 3.05) is 13.1 Å². The molecule has 2 N–H and O–H groups in total. The largest absolute Gasteiger partial charge is 0.337 e. The summed E-state index contributed by atoms with van der Waals surface area (Å²) < 4.78 is 0. The Balaban J connectivity index is 1.80. The zero-order chi connectivity index (χ0) is 17.5. The van der Waals surface area contributed by atoms with Crippen LogP contribution in [-0.4, -0.2) is 34.9 Å². The lowest BCUT2D eigenvalue weighted by Gasteiger charge is -2.42. The molecule has 0 bridgehead atoms. The summed E-state index contributed by atoms with van der Waals surface area (Å²) in [7, 11) is 0. The summed E-state index contributed by atoms with van der Waals surface area (Å²) in [4.78, 5) is 19.1. The number of hydrogen-bond acceptors (Lipinski definition) is 4. The van der Waals surface area contributed by atoms with E-state index >= 15 is 0 Å². The maximum Gasteiger partial charge on any atom is 0.273 e. The van der Waals surface area contributed by atoms with E-state index in [9.17, 15) is 4.79 Å². The molecule has 4 nitrogen and oxygen atoms in total. The van der Waals surface area contributed by atoms with Crippen LogP contribution in [0.3, 0.4) is 0 Å². The van der Waals surface area contributed by atoms with Gasteiger partial charge in [0.25, 0.3) is 5.91 Å². The first-order valence-corrected chi connectivity index (χ1v) is 9.37. The van der Waals surface area contributed by atoms with E-state index in [0.717, 1.165) is 17.0 Å².